The van der Waals surface area contributed by atoms with Crippen LogP contribution in [0.15, 0.2) is 60.7 Å². The molecule has 4 heteroatoms. The molecule has 0 bridgehead atoms. The van der Waals surface area contributed by atoms with Crippen molar-refractivity contribution in [2.75, 3.05) is 24.5 Å². The number of carbonyl (C=O) groups is 1. The Labute approximate surface area is 154 Å². The topological polar surface area (TPSA) is 47.3 Å². The number of carbonyl (C=O) groups excluding carboxylic acids is 1. The highest BCUT2D eigenvalue weighted by Crippen LogP contribution is 2.28. The summed E-state index contributed by atoms with van der Waals surface area (Å²) in [6.45, 7) is 2.47. The van der Waals surface area contributed by atoms with Gasteiger partial charge in [0.15, 0.2) is 0 Å². The lowest BCUT2D eigenvalue weighted by Gasteiger charge is -2.30. The summed E-state index contributed by atoms with van der Waals surface area (Å²) >= 11 is 0. The van der Waals surface area contributed by atoms with Crippen molar-refractivity contribution in [2.24, 2.45) is 0 Å². The van der Waals surface area contributed by atoms with Crippen LogP contribution in [0.1, 0.15) is 24.0 Å². The van der Waals surface area contributed by atoms with Crippen molar-refractivity contribution in [3.8, 4) is 6.07 Å². The first-order valence-electron chi connectivity index (χ1n) is 9.06. The fraction of sp³-hybridized carbons (Fsp3) is 0.273. The van der Waals surface area contributed by atoms with E-state index in [-0.39, 0.29) is 11.9 Å². The van der Waals surface area contributed by atoms with Gasteiger partial charge in [-0.2, -0.15) is 5.26 Å². The van der Waals surface area contributed by atoms with Crippen molar-refractivity contribution in [1.82, 2.24) is 4.90 Å². The summed E-state index contributed by atoms with van der Waals surface area (Å²) in [4.78, 5) is 17.0. The first-order valence-corrected chi connectivity index (χ1v) is 9.06. The van der Waals surface area contributed by atoms with E-state index in [1.54, 1.807) is 12.1 Å². The van der Waals surface area contributed by atoms with Crippen molar-refractivity contribution in [2.45, 2.75) is 18.9 Å². The molecule has 2 aliphatic rings. The molecule has 1 fully saturated rings. The Morgan fingerprint density at radius 2 is 1.77 bits per heavy atom. The van der Waals surface area contributed by atoms with Crippen LogP contribution < -0.4 is 4.90 Å². The number of anilines is 1. The van der Waals surface area contributed by atoms with Gasteiger partial charge < -0.3 is 4.90 Å². The normalized spacial score (nSPS) is 20.7. The molecule has 2 aromatic rings. The zero-order chi connectivity index (χ0) is 17.9. The standard InChI is InChI=1S/C22H21N3O/c23-16-17-6-8-20(9-7-17)25-15-12-21(22(25)26)24-13-10-19(11-14-24)18-4-2-1-3-5-18/h1-10,21H,11-15H2. The number of rotatable bonds is 3. The highest BCUT2D eigenvalue weighted by atomic mass is 16.2. The summed E-state index contributed by atoms with van der Waals surface area (Å²) in [5.74, 6) is 0.172. The average Bonchev–Trinajstić information content (AvgIpc) is 3.10. The summed E-state index contributed by atoms with van der Waals surface area (Å²) < 4.78 is 0. The molecule has 0 spiro atoms. The summed E-state index contributed by atoms with van der Waals surface area (Å²) in [6.07, 6.45) is 4.09. The molecule has 1 unspecified atom stereocenters. The lowest BCUT2D eigenvalue weighted by atomic mass is 9.98. The molecular weight excluding hydrogens is 322 g/mol. The zero-order valence-corrected chi connectivity index (χ0v) is 14.6. The molecular formula is C22H21N3O. The third kappa shape index (κ3) is 3.14. The van der Waals surface area contributed by atoms with Crippen molar-refractivity contribution >= 4 is 17.2 Å². The lowest BCUT2D eigenvalue weighted by Crippen LogP contribution is -2.43. The SMILES string of the molecule is N#Cc1ccc(N2CCC(N3CC=C(c4ccccc4)CC3)C2=O)cc1. The Kier molecular flexibility index (Phi) is 4.55. The number of nitrogens with zero attached hydrogens (tertiary/aromatic N) is 3. The Balaban J connectivity index is 1.44. The smallest absolute Gasteiger partial charge is 0.244 e. The maximum Gasteiger partial charge on any atom is 0.244 e. The Bertz CT molecular complexity index is 865. The molecule has 26 heavy (non-hydrogen) atoms. The molecule has 2 heterocycles. The van der Waals surface area contributed by atoms with Crippen LogP contribution in [0.3, 0.4) is 0 Å². The molecule has 0 aliphatic carbocycles. The first kappa shape index (κ1) is 16.6. The Morgan fingerprint density at radius 3 is 2.42 bits per heavy atom. The van der Waals surface area contributed by atoms with Crippen molar-refractivity contribution in [3.05, 3.63) is 71.8 Å². The second kappa shape index (κ2) is 7.15. The summed E-state index contributed by atoms with van der Waals surface area (Å²) in [7, 11) is 0. The predicted molar refractivity (Wildman–Crippen MR) is 103 cm³/mol. The van der Waals surface area contributed by atoms with Gasteiger partial charge in [-0.3, -0.25) is 9.69 Å². The van der Waals surface area contributed by atoms with Crippen LogP contribution in [-0.2, 0) is 4.79 Å². The maximum atomic E-state index is 12.9. The lowest BCUT2D eigenvalue weighted by molar-refractivity contribution is -0.121. The molecule has 1 amide bonds. The second-order valence-corrected chi connectivity index (χ2v) is 6.79. The maximum absolute atomic E-state index is 12.9. The largest absolute Gasteiger partial charge is 0.311 e. The van der Waals surface area contributed by atoms with Crippen LogP contribution in [-0.4, -0.2) is 36.5 Å². The van der Waals surface area contributed by atoms with E-state index >= 15 is 0 Å². The van der Waals surface area contributed by atoms with Gasteiger partial charge in [0.2, 0.25) is 5.91 Å². The van der Waals surface area contributed by atoms with Gasteiger partial charge in [0, 0.05) is 25.3 Å². The Morgan fingerprint density at radius 1 is 1.00 bits per heavy atom. The van der Waals surface area contributed by atoms with Crippen LogP contribution in [0.5, 0.6) is 0 Å². The van der Waals surface area contributed by atoms with Crippen LogP contribution in [0, 0.1) is 11.3 Å². The van der Waals surface area contributed by atoms with E-state index in [1.165, 1.54) is 11.1 Å². The second-order valence-electron chi connectivity index (χ2n) is 6.79. The fourth-order valence-corrected chi connectivity index (χ4v) is 3.86. The van der Waals surface area contributed by atoms with E-state index in [0.717, 1.165) is 38.2 Å². The third-order valence-electron chi connectivity index (χ3n) is 5.31. The minimum atomic E-state index is -0.0424. The number of hydrogen-bond acceptors (Lipinski definition) is 3. The Hall–Kier alpha value is -2.90. The van der Waals surface area contributed by atoms with Crippen molar-refractivity contribution < 1.29 is 4.79 Å². The van der Waals surface area contributed by atoms with E-state index < -0.39 is 0 Å². The number of nitriles is 1. The van der Waals surface area contributed by atoms with E-state index in [4.69, 9.17) is 5.26 Å². The summed E-state index contributed by atoms with van der Waals surface area (Å²) in [5, 5.41) is 8.92. The minimum absolute atomic E-state index is 0.0424. The molecule has 4 rings (SSSR count). The average molecular weight is 343 g/mol. The number of benzene rings is 2. The molecule has 130 valence electrons. The fourth-order valence-electron chi connectivity index (χ4n) is 3.86. The van der Waals surface area contributed by atoms with Gasteiger partial charge in [-0.15, -0.1) is 0 Å². The van der Waals surface area contributed by atoms with Gasteiger partial charge in [-0.1, -0.05) is 36.4 Å². The molecule has 0 radical (unpaired) electrons. The summed E-state index contributed by atoms with van der Waals surface area (Å²) in [5.41, 5.74) is 4.15. The molecule has 0 saturated carbocycles. The van der Waals surface area contributed by atoms with Crippen LogP contribution in [0.4, 0.5) is 5.69 Å². The molecule has 4 nitrogen and oxygen atoms in total. The minimum Gasteiger partial charge on any atom is -0.311 e. The van der Waals surface area contributed by atoms with E-state index in [0.29, 0.717) is 5.56 Å². The molecule has 0 N–H and O–H groups in total. The van der Waals surface area contributed by atoms with E-state index in [9.17, 15) is 4.79 Å². The predicted octanol–water partition coefficient (Wildman–Crippen LogP) is 3.45. The van der Waals surface area contributed by atoms with Crippen LogP contribution in [0.25, 0.3) is 5.57 Å². The number of amides is 1. The number of hydrogen-bond donors (Lipinski definition) is 0. The highest BCUT2D eigenvalue weighted by molar-refractivity contribution is 5.99. The quantitative estimate of drug-likeness (QED) is 0.857. The van der Waals surface area contributed by atoms with Gasteiger partial charge in [0.05, 0.1) is 17.7 Å². The van der Waals surface area contributed by atoms with Gasteiger partial charge >= 0.3 is 0 Å². The van der Waals surface area contributed by atoms with Gasteiger partial charge in [-0.25, -0.2) is 0 Å². The first-order chi connectivity index (χ1) is 12.8. The van der Waals surface area contributed by atoms with Crippen LogP contribution in [0.2, 0.25) is 0 Å². The van der Waals surface area contributed by atoms with E-state index in [1.807, 2.05) is 23.1 Å². The molecule has 1 saturated heterocycles. The van der Waals surface area contributed by atoms with Crippen molar-refractivity contribution in [3.63, 3.8) is 0 Å². The molecule has 2 aliphatic heterocycles. The van der Waals surface area contributed by atoms with E-state index in [2.05, 4.69) is 41.3 Å². The highest BCUT2D eigenvalue weighted by Gasteiger charge is 2.36. The third-order valence-corrected chi connectivity index (χ3v) is 5.31. The zero-order valence-electron chi connectivity index (χ0n) is 14.6. The van der Waals surface area contributed by atoms with Gasteiger partial charge in [0.1, 0.15) is 0 Å². The van der Waals surface area contributed by atoms with Gasteiger partial charge in [0.25, 0.3) is 0 Å². The summed E-state index contributed by atoms with van der Waals surface area (Å²) in [6, 6.07) is 19.8. The monoisotopic (exact) mass is 343 g/mol. The molecule has 1 atom stereocenters. The van der Waals surface area contributed by atoms with Gasteiger partial charge in [-0.05, 0) is 48.2 Å². The van der Waals surface area contributed by atoms with Crippen molar-refractivity contribution in [1.29, 1.82) is 5.26 Å². The van der Waals surface area contributed by atoms with Crippen LogP contribution >= 0.6 is 0 Å². The molecule has 0 aromatic heterocycles. The molecule has 2 aromatic carbocycles.